The molecule has 4 heteroatoms. The smallest absolute Gasteiger partial charge is 0.266 e. The van der Waals surface area contributed by atoms with Gasteiger partial charge in [-0.05, 0) is 43.7 Å². The van der Waals surface area contributed by atoms with Crippen molar-refractivity contribution in [3.05, 3.63) is 29.8 Å². The lowest BCUT2D eigenvalue weighted by molar-refractivity contribution is 0.149. The molecule has 1 fully saturated rings. The van der Waals surface area contributed by atoms with Gasteiger partial charge in [0.15, 0.2) is 0 Å². The van der Waals surface area contributed by atoms with E-state index in [4.69, 9.17) is 4.18 Å². The molecule has 0 N–H and O–H groups in total. The van der Waals surface area contributed by atoms with E-state index < -0.39 is 10.1 Å². The third-order valence-electron chi connectivity index (χ3n) is 4.24. The van der Waals surface area contributed by atoms with Crippen molar-refractivity contribution in [2.24, 2.45) is 5.41 Å². The average Bonchev–Trinajstić information content (AvgIpc) is 2.87. The molecule has 2 rings (SSSR count). The highest BCUT2D eigenvalue weighted by Gasteiger charge is 2.34. The molecule has 0 spiro atoms. The van der Waals surface area contributed by atoms with E-state index in [1.165, 1.54) is 12.8 Å². The van der Waals surface area contributed by atoms with Gasteiger partial charge in [-0.2, -0.15) is 8.42 Å². The van der Waals surface area contributed by atoms with Crippen LogP contribution in [0, 0.1) is 12.3 Å². The number of rotatable bonds is 5. The number of aryl methyl sites for hydroxylation is 1. The summed E-state index contributed by atoms with van der Waals surface area (Å²) in [5.74, 6) is 0. The normalized spacial score (nSPS) is 18.6. The minimum atomic E-state index is -3.61. The Morgan fingerprint density at radius 2 is 1.74 bits per heavy atom. The van der Waals surface area contributed by atoms with Crippen LogP contribution in [0.15, 0.2) is 29.2 Å². The summed E-state index contributed by atoms with van der Waals surface area (Å²) in [4.78, 5) is 0.252. The van der Waals surface area contributed by atoms with E-state index in [1.807, 2.05) is 6.92 Å². The summed E-state index contributed by atoms with van der Waals surface area (Å²) in [5.41, 5.74) is 1.11. The number of hydrogen-bond donors (Lipinski definition) is 0. The summed E-state index contributed by atoms with van der Waals surface area (Å²) in [6.07, 6.45) is 5.50. The maximum absolute atomic E-state index is 12.1. The lowest BCUT2D eigenvalue weighted by Crippen LogP contribution is -2.24. The van der Waals surface area contributed by atoms with Crippen LogP contribution in [0.4, 0.5) is 0 Å². The molecule has 1 aliphatic carbocycles. The van der Waals surface area contributed by atoms with Crippen molar-refractivity contribution in [2.75, 3.05) is 6.61 Å². The predicted molar refractivity (Wildman–Crippen MR) is 75.5 cm³/mol. The first-order chi connectivity index (χ1) is 8.97. The van der Waals surface area contributed by atoms with Crippen molar-refractivity contribution in [1.82, 2.24) is 0 Å². The Hall–Kier alpha value is -0.870. The highest BCUT2D eigenvalue weighted by atomic mass is 32.2. The topological polar surface area (TPSA) is 43.4 Å². The second-order valence-electron chi connectivity index (χ2n) is 5.59. The summed E-state index contributed by atoms with van der Waals surface area (Å²) < 4.78 is 29.6. The lowest BCUT2D eigenvalue weighted by atomic mass is 9.85. The van der Waals surface area contributed by atoms with Gasteiger partial charge >= 0.3 is 0 Å². The van der Waals surface area contributed by atoms with Crippen LogP contribution in [0.2, 0.25) is 0 Å². The van der Waals surface area contributed by atoms with Gasteiger partial charge in [0.2, 0.25) is 0 Å². The summed E-state index contributed by atoms with van der Waals surface area (Å²) in [6, 6.07) is 6.80. The van der Waals surface area contributed by atoms with Crippen LogP contribution in [-0.2, 0) is 14.3 Å². The van der Waals surface area contributed by atoms with E-state index in [-0.39, 0.29) is 10.3 Å². The van der Waals surface area contributed by atoms with E-state index in [1.54, 1.807) is 24.3 Å². The third kappa shape index (κ3) is 3.37. The monoisotopic (exact) mass is 282 g/mol. The van der Waals surface area contributed by atoms with Crippen LogP contribution in [-0.4, -0.2) is 15.0 Å². The maximum atomic E-state index is 12.1. The van der Waals surface area contributed by atoms with Gasteiger partial charge < -0.3 is 0 Å². The Labute approximate surface area is 116 Å². The third-order valence-corrected chi connectivity index (χ3v) is 5.52. The Kier molecular flexibility index (Phi) is 4.31. The summed E-state index contributed by atoms with van der Waals surface area (Å²) in [6.45, 7) is 4.37. The fourth-order valence-corrected chi connectivity index (χ4v) is 3.71. The molecule has 0 unspecified atom stereocenters. The van der Waals surface area contributed by atoms with Gasteiger partial charge in [-0.3, -0.25) is 4.18 Å². The van der Waals surface area contributed by atoms with Crippen LogP contribution in [0.3, 0.4) is 0 Å². The number of benzene rings is 1. The molecule has 0 aliphatic heterocycles. The summed E-state index contributed by atoms with van der Waals surface area (Å²) in [7, 11) is -3.61. The van der Waals surface area contributed by atoms with Crippen LogP contribution < -0.4 is 0 Å². The first-order valence-electron chi connectivity index (χ1n) is 6.94. The maximum Gasteiger partial charge on any atom is 0.296 e. The summed E-state index contributed by atoms with van der Waals surface area (Å²) >= 11 is 0. The van der Waals surface area contributed by atoms with E-state index >= 15 is 0 Å². The highest BCUT2D eigenvalue weighted by molar-refractivity contribution is 7.86. The zero-order valence-electron chi connectivity index (χ0n) is 11.7. The van der Waals surface area contributed by atoms with Gasteiger partial charge in [0, 0.05) is 0 Å². The average molecular weight is 282 g/mol. The molecule has 0 radical (unpaired) electrons. The molecule has 1 aromatic carbocycles. The molecular formula is C15H22O3S. The molecule has 1 aliphatic rings. The SMILES string of the molecule is CCC1(COS(=O)(=O)c2ccc(C)cc2)CCCC1. The van der Waals surface area contributed by atoms with Gasteiger partial charge in [0.25, 0.3) is 10.1 Å². The van der Waals surface area contributed by atoms with Crippen molar-refractivity contribution in [2.45, 2.75) is 50.8 Å². The van der Waals surface area contributed by atoms with Crippen molar-refractivity contribution in [3.63, 3.8) is 0 Å². The van der Waals surface area contributed by atoms with Crippen molar-refractivity contribution in [3.8, 4) is 0 Å². The Morgan fingerprint density at radius 3 is 2.26 bits per heavy atom. The second-order valence-corrected chi connectivity index (χ2v) is 7.21. The fraction of sp³-hybridized carbons (Fsp3) is 0.600. The molecule has 19 heavy (non-hydrogen) atoms. The molecule has 0 heterocycles. The highest BCUT2D eigenvalue weighted by Crippen LogP contribution is 2.41. The second kappa shape index (κ2) is 5.63. The van der Waals surface area contributed by atoms with E-state index in [0.717, 1.165) is 24.8 Å². The first-order valence-corrected chi connectivity index (χ1v) is 8.34. The van der Waals surface area contributed by atoms with Crippen molar-refractivity contribution < 1.29 is 12.6 Å². The zero-order valence-corrected chi connectivity index (χ0v) is 12.5. The largest absolute Gasteiger partial charge is 0.296 e. The molecular weight excluding hydrogens is 260 g/mol. The molecule has 1 aromatic rings. The lowest BCUT2D eigenvalue weighted by Gasteiger charge is -2.26. The Bertz CT molecular complexity index is 511. The van der Waals surface area contributed by atoms with E-state index in [0.29, 0.717) is 6.61 Å². The molecule has 0 amide bonds. The van der Waals surface area contributed by atoms with Crippen LogP contribution in [0.1, 0.15) is 44.6 Å². The van der Waals surface area contributed by atoms with Crippen LogP contribution in [0.5, 0.6) is 0 Å². The first kappa shape index (κ1) is 14.5. The molecule has 1 saturated carbocycles. The molecule has 0 aromatic heterocycles. The number of hydrogen-bond acceptors (Lipinski definition) is 3. The minimum absolute atomic E-state index is 0.0672. The minimum Gasteiger partial charge on any atom is -0.266 e. The predicted octanol–water partition coefficient (Wildman–Crippen LogP) is 3.67. The van der Waals surface area contributed by atoms with Crippen molar-refractivity contribution in [1.29, 1.82) is 0 Å². The standard InChI is InChI=1S/C15H22O3S/c1-3-15(10-4-5-11-15)12-18-19(16,17)14-8-6-13(2)7-9-14/h6-9H,3-5,10-12H2,1-2H3. The van der Waals surface area contributed by atoms with Gasteiger partial charge in [-0.15, -0.1) is 0 Å². The summed E-state index contributed by atoms with van der Waals surface area (Å²) in [5, 5.41) is 0. The molecule has 3 nitrogen and oxygen atoms in total. The van der Waals surface area contributed by atoms with Gasteiger partial charge in [-0.25, -0.2) is 0 Å². The quantitative estimate of drug-likeness (QED) is 0.774. The molecule has 0 bridgehead atoms. The molecule has 106 valence electrons. The van der Waals surface area contributed by atoms with Crippen LogP contribution >= 0.6 is 0 Å². The fourth-order valence-electron chi connectivity index (χ4n) is 2.70. The van der Waals surface area contributed by atoms with Crippen LogP contribution in [0.25, 0.3) is 0 Å². The van der Waals surface area contributed by atoms with Gasteiger partial charge in [-0.1, -0.05) is 37.5 Å². The Balaban J connectivity index is 2.07. The van der Waals surface area contributed by atoms with E-state index in [9.17, 15) is 8.42 Å². The molecule has 0 saturated heterocycles. The Morgan fingerprint density at radius 1 is 1.16 bits per heavy atom. The molecule has 0 atom stereocenters. The van der Waals surface area contributed by atoms with Crippen molar-refractivity contribution >= 4 is 10.1 Å². The zero-order chi connectivity index (χ0) is 13.9. The van der Waals surface area contributed by atoms with E-state index in [2.05, 4.69) is 6.92 Å². The van der Waals surface area contributed by atoms with Gasteiger partial charge in [0.1, 0.15) is 0 Å². The van der Waals surface area contributed by atoms with Gasteiger partial charge in [0.05, 0.1) is 11.5 Å².